The molecule has 0 fully saturated rings. The van der Waals surface area contributed by atoms with Gasteiger partial charge in [-0.25, -0.2) is 8.78 Å². The Morgan fingerprint density at radius 1 is 0.966 bits per heavy atom. The smallest absolute Gasteiger partial charge is 0.320 e. The molecule has 156 valence electrons. The number of benzene rings is 2. The Morgan fingerprint density at radius 2 is 1.55 bits per heavy atom. The summed E-state index contributed by atoms with van der Waals surface area (Å²) < 4.78 is 31.9. The van der Waals surface area contributed by atoms with Gasteiger partial charge in [-0.05, 0) is 30.0 Å². The summed E-state index contributed by atoms with van der Waals surface area (Å²) in [6.45, 7) is 3.71. The van der Waals surface area contributed by atoms with E-state index in [-0.39, 0.29) is 24.0 Å². The fraction of sp³-hybridized carbons (Fsp3) is 0.333. The number of rotatable bonds is 10. The third-order valence-electron chi connectivity index (χ3n) is 4.23. The van der Waals surface area contributed by atoms with Crippen molar-refractivity contribution < 1.29 is 33.3 Å². The molecule has 0 amide bonds. The number of hydrogen-bond donors (Lipinski definition) is 3. The first-order valence-corrected chi connectivity index (χ1v) is 9.08. The fourth-order valence-electron chi connectivity index (χ4n) is 2.84. The average molecular weight is 407 g/mol. The second kappa shape index (κ2) is 9.97. The summed E-state index contributed by atoms with van der Waals surface area (Å²) in [5, 5.41) is 21.6. The zero-order valence-corrected chi connectivity index (χ0v) is 16.1. The molecule has 0 saturated heterocycles. The van der Waals surface area contributed by atoms with E-state index < -0.39 is 35.5 Å². The Morgan fingerprint density at radius 3 is 2.03 bits per heavy atom. The van der Waals surface area contributed by atoms with Crippen LogP contribution in [0.4, 0.5) is 8.78 Å². The van der Waals surface area contributed by atoms with E-state index in [4.69, 9.17) is 4.74 Å². The van der Waals surface area contributed by atoms with Crippen molar-refractivity contribution in [3.63, 3.8) is 0 Å². The van der Waals surface area contributed by atoms with Crippen LogP contribution >= 0.6 is 0 Å². The third kappa shape index (κ3) is 6.83. The molecule has 0 spiro atoms. The summed E-state index contributed by atoms with van der Waals surface area (Å²) in [4.78, 5) is 23.0. The first kappa shape index (κ1) is 22.3. The molecule has 2 aromatic rings. The van der Waals surface area contributed by atoms with Gasteiger partial charge in [0.2, 0.25) is 0 Å². The molecule has 8 heteroatoms. The van der Waals surface area contributed by atoms with Crippen molar-refractivity contribution in [3.8, 4) is 11.5 Å². The number of carboxylic acids is 2. The van der Waals surface area contributed by atoms with Crippen molar-refractivity contribution in [1.29, 1.82) is 0 Å². The maximum absolute atomic E-state index is 13.2. The Kier molecular flexibility index (Phi) is 7.67. The lowest BCUT2D eigenvalue weighted by molar-refractivity contribution is -0.142. The summed E-state index contributed by atoms with van der Waals surface area (Å²) in [5.74, 6) is -4.27. The minimum atomic E-state index is -1.10. The average Bonchev–Trinajstić information content (AvgIpc) is 2.60. The van der Waals surface area contributed by atoms with Gasteiger partial charge in [-0.1, -0.05) is 26.0 Å². The lowest BCUT2D eigenvalue weighted by Crippen LogP contribution is -2.41. The summed E-state index contributed by atoms with van der Waals surface area (Å²) >= 11 is 0. The van der Waals surface area contributed by atoms with Gasteiger partial charge in [-0.15, -0.1) is 0 Å². The topological polar surface area (TPSA) is 95.9 Å². The van der Waals surface area contributed by atoms with Crippen LogP contribution in [0.5, 0.6) is 11.5 Å². The first-order chi connectivity index (χ1) is 13.7. The minimum Gasteiger partial charge on any atom is -0.481 e. The van der Waals surface area contributed by atoms with Crippen LogP contribution < -0.4 is 10.1 Å². The van der Waals surface area contributed by atoms with Gasteiger partial charge in [-0.3, -0.25) is 9.59 Å². The van der Waals surface area contributed by atoms with Crippen LogP contribution in [0, 0.1) is 17.6 Å². The molecular weight excluding hydrogens is 384 g/mol. The molecule has 2 rings (SSSR count). The zero-order chi connectivity index (χ0) is 21.6. The summed E-state index contributed by atoms with van der Waals surface area (Å²) in [5.41, 5.74) is 0.441. The van der Waals surface area contributed by atoms with Crippen LogP contribution in [0.1, 0.15) is 31.7 Å². The second-order valence-electron chi connectivity index (χ2n) is 7.10. The maximum Gasteiger partial charge on any atom is 0.320 e. The van der Waals surface area contributed by atoms with Crippen molar-refractivity contribution in [2.75, 3.05) is 6.54 Å². The Bertz CT molecular complexity index is 834. The lowest BCUT2D eigenvalue weighted by Gasteiger charge is -2.20. The van der Waals surface area contributed by atoms with E-state index in [1.165, 1.54) is 24.3 Å². The van der Waals surface area contributed by atoms with E-state index in [1.54, 1.807) is 0 Å². The number of aliphatic carboxylic acids is 2. The standard InChI is InChI=1S/C21H23F2NO5/c1-12(2)7-19(21(27)28)24-11-18(20(25)26)13-3-5-16(6-4-13)29-17-9-14(22)8-15(23)10-17/h3-6,8-10,12,18-19,24H,7,11H2,1-2H3,(H,25,26)(H,27,28). The summed E-state index contributed by atoms with van der Waals surface area (Å²) in [7, 11) is 0. The molecule has 0 aliphatic heterocycles. The minimum absolute atomic E-state index is 0.0234. The van der Waals surface area contributed by atoms with Gasteiger partial charge in [0.05, 0.1) is 5.92 Å². The molecule has 0 aromatic heterocycles. The number of hydrogen-bond acceptors (Lipinski definition) is 4. The number of nitrogens with one attached hydrogen (secondary N) is 1. The predicted molar refractivity (Wildman–Crippen MR) is 102 cm³/mol. The maximum atomic E-state index is 13.2. The Labute approximate surface area is 167 Å². The van der Waals surface area contributed by atoms with Gasteiger partial charge in [-0.2, -0.15) is 0 Å². The number of carbonyl (C=O) groups is 2. The molecule has 2 aromatic carbocycles. The molecule has 2 unspecified atom stereocenters. The summed E-state index contributed by atoms with van der Waals surface area (Å²) in [6.07, 6.45) is 0.374. The van der Waals surface area contributed by atoms with Gasteiger partial charge < -0.3 is 20.3 Å². The van der Waals surface area contributed by atoms with E-state index in [9.17, 15) is 28.6 Å². The van der Waals surface area contributed by atoms with Crippen molar-refractivity contribution in [3.05, 3.63) is 59.7 Å². The third-order valence-corrected chi connectivity index (χ3v) is 4.23. The lowest BCUT2D eigenvalue weighted by atomic mass is 9.97. The Balaban J connectivity index is 2.09. The molecule has 0 aliphatic rings. The predicted octanol–water partition coefficient (Wildman–Crippen LogP) is 4.01. The van der Waals surface area contributed by atoms with Crippen LogP contribution in [0.25, 0.3) is 0 Å². The van der Waals surface area contributed by atoms with Crippen LogP contribution in [0.15, 0.2) is 42.5 Å². The molecule has 0 radical (unpaired) electrons. The summed E-state index contributed by atoms with van der Waals surface area (Å²) in [6, 6.07) is 7.94. The molecule has 0 aliphatic carbocycles. The quantitative estimate of drug-likeness (QED) is 0.551. The number of carboxylic acid groups (broad SMARTS) is 2. The molecule has 3 N–H and O–H groups in total. The van der Waals surface area contributed by atoms with E-state index in [2.05, 4.69) is 5.32 Å². The van der Waals surface area contributed by atoms with Gasteiger partial charge in [0.15, 0.2) is 0 Å². The van der Waals surface area contributed by atoms with E-state index >= 15 is 0 Å². The molecular formula is C21H23F2NO5. The normalized spacial score (nSPS) is 13.1. The number of ether oxygens (including phenoxy) is 1. The van der Waals surface area contributed by atoms with Crippen LogP contribution in [-0.4, -0.2) is 34.7 Å². The molecule has 0 bridgehead atoms. The highest BCUT2D eigenvalue weighted by atomic mass is 19.1. The highest BCUT2D eigenvalue weighted by molar-refractivity contribution is 5.77. The van der Waals surface area contributed by atoms with Crippen molar-refractivity contribution in [2.45, 2.75) is 32.2 Å². The number of halogens is 2. The Hall–Kier alpha value is -3.00. The zero-order valence-electron chi connectivity index (χ0n) is 16.1. The van der Waals surface area contributed by atoms with Crippen LogP contribution in [-0.2, 0) is 9.59 Å². The SMILES string of the molecule is CC(C)CC(NCC(C(=O)O)c1ccc(Oc2cc(F)cc(F)c2)cc1)C(=O)O. The van der Waals surface area contributed by atoms with Crippen molar-refractivity contribution >= 4 is 11.9 Å². The van der Waals surface area contributed by atoms with Gasteiger partial charge in [0, 0.05) is 24.7 Å². The van der Waals surface area contributed by atoms with Crippen LogP contribution in [0.2, 0.25) is 0 Å². The molecule has 2 atom stereocenters. The molecule has 6 nitrogen and oxygen atoms in total. The highest BCUT2D eigenvalue weighted by Gasteiger charge is 2.24. The van der Waals surface area contributed by atoms with Gasteiger partial charge >= 0.3 is 11.9 Å². The van der Waals surface area contributed by atoms with Crippen molar-refractivity contribution in [2.24, 2.45) is 5.92 Å². The van der Waals surface area contributed by atoms with E-state index in [0.29, 0.717) is 12.0 Å². The monoisotopic (exact) mass is 407 g/mol. The fourth-order valence-corrected chi connectivity index (χ4v) is 2.84. The van der Waals surface area contributed by atoms with Crippen LogP contribution in [0.3, 0.4) is 0 Å². The van der Waals surface area contributed by atoms with E-state index in [0.717, 1.165) is 18.2 Å². The van der Waals surface area contributed by atoms with Gasteiger partial charge in [0.1, 0.15) is 29.2 Å². The molecule has 0 saturated carbocycles. The largest absolute Gasteiger partial charge is 0.481 e. The molecule has 0 heterocycles. The molecule has 29 heavy (non-hydrogen) atoms. The second-order valence-corrected chi connectivity index (χ2v) is 7.10. The van der Waals surface area contributed by atoms with Crippen molar-refractivity contribution in [1.82, 2.24) is 5.32 Å². The van der Waals surface area contributed by atoms with E-state index in [1.807, 2.05) is 13.8 Å². The van der Waals surface area contributed by atoms with Gasteiger partial charge in [0.25, 0.3) is 0 Å². The highest BCUT2D eigenvalue weighted by Crippen LogP contribution is 2.25. The first-order valence-electron chi connectivity index (χ1n) is 9.08.